The average molecular weight is 549 g/mol. The zero-order valence-electron chi connectivity index (χ0n) is 21.7. The van der Waals surface area contributed by atoms with Crippen LogP contribution in [0.4, 0.5) is 0 Å². The third-order valence-electron chi connectivity index (χ3n) is 8.16. The molecule has 0 N–H and O–H groups in total. The lowest BCUT2D eigenvalue weighted by Crippen LogP contribution is -2.35. The van der Waals surface area contributed by atoms with Crippen molar-refractivity contribution in [1.29, 1.82) is 0 Å². The van der Waals surface area contributed by atoms with Crippen LogP contribution in [0.2, 0.25) is 0 Å². The van der Waals surface area contributed by atoms with Gasteiger partial charge in [0, 0.05) is 21.9 Å². The monoisotopic (exact) mass is 548 g/mol. The molecular formula is C36H21O4P. The number of hydrogen-bond acceptors (Lipinski definition) is 4. The van der Waals surface area contributed by atoms with Crippen LogP contribution in [0.25, 0.3) is 44.2 Å². The van der Waals surface area contributed by atoms with Crippen molar-refractivity contribution in [2.75, 3.05) is 0 Å². The Morgan fingerprint density at radius 1 is 0.488 bits per heavy atom. The maximum Gasteiger partial charge on any atom is 0.185 e. The molecule has 4 nitrogen and oxygen atoms in total. The van der Waals surface area contributed by atoms with Crippen molar-refractivity contribution in [2.24, 2.45) is 0 Å². The van der Waals surface area contributed by atoms with Crippen molar-refractivity contribution in [2.45, 2.75) is 0 Å². The molecule has 0 aliphatic carbocycles. The Morgan fingerprint density at radius 2 is 1.12 bits per heavy atom. The standard InChI is InChI=1S/C36H21O4P/c37-41-32-14-5-3-12-29(32)38-31-21-20-25(35(36(31)41)40-30-13-4-6-15-33(30)41)23-18-16-22(17-19-23)24-9-7-10-27-26-8-1-2-11-28(26)39-34(24)27/h1-21H. The second-order valence-electron chi connectivity index (χ2n) is 10.4. The summed E-state index contributed by atoms with van der Waals surface area (Å²) in [7, 11) is -3.22. The lowest BCUT2D eigenvalue weighted by molar-refractivity contribution is 0.463. The van der Waals surface area contributed by atoms with E-state index in [1.165, 1.54) is 0 Å². The summed E-state index contributed by atoms with van der Waals surface area (Å²) in [6, 6.07) is 41.9. The summed E-state index contributed by atoms with van der Waals surface area (Å²) in [5.74, 6) is 2.41. The fraction of sp³-hybridized carbons (Fsp3) is 0. The second kappa shape index (κ2) is 8.23. The lowest BCUT2D eigenvalue weighted by Gasteiger charge is -2.35. The van der Waals surface area contributed by atoms with Gasteiger partial charge >= 0.3 is 0 Å². The Labute approximate surface area is 235 Å². The maximum atomic E-state index is 15.2. The predicted molar refractivity (Wildman–Crippen MR) is 164 cm³/mol. The zero-order valence-corrected chi connectivity index (χ0v) is 22.6. The number of ether oxygens (including phenoxy) is 2. The number of hydrogen-bond donors (Lipinski definition) is 0. The topological polar surface area (TPSA) is 48.7 Å². The SMILES string of the molecule is O=P12c3ccccc3Oc3ccc(-c4ccc(-c5cccc6c5oc5ccccc56)cc4)c(c31)Oc1ccccc12. The molecular weight excluding hydrogens is 527 g/mol. The Hall–Kier alpha value is -5.05. The van der Waals surface area contributed by atoms with Crippen molar-refractivity contribution in [3.05, 3.63) is 127 Å². The summed E-state index contributed by atoms with van der Waals surface area (Å²) < 4.78 is 34.3. The molecule has 7 aromatic rings. The largest absolute Gasteiger partial charge is 0.456 e. The van der Waals surface area contributed by atoms with Crippen molar-refractivity contribution in [3.63, 3.8) is 0 Å². The molecule has 194 valence electrons. The van der Waals surface area contributed by atoms with Crippen LogP contribution in [-0.2, 0) is 4.57 Å². The van der Waals surface area contributed by atoms with Gasteiger partial charge in [0.25, 0.3) is 0 Å². The van der Waals surface area contributed by atoms with Gasteiger partial charge in [-0.15, -0.1) is 0 Å². The van der Waals surface area contributed by atoms with Gasteiger partial charge in [0.05, 0.1) is 10.6 Å². The summed E-state index contributed by atoms with van der Waals surface area (Å²) in [6.07, 6.45) is 0. The van der Waals surface area contributed by atoms with E-state index >= 15 is 4.57 Å². The first-order valence-electron chi connectivity index (χ1n) is 13.5. The van der Waals surface area contributed by atoms with Gasteiger partial charge in [-0.05, 0) is 53.6 Å². The zero-order chi connectivity index (χ0) is 27.1. The molecule has 41 heavy (non-hydrogen) atoms. The van der Waals surface area contributed by atoms with Gasteiger partial charge in [-0.2, -0.15) is 0 Å². The highest BCUT2D eigenvalue weighted by atomic mass is 31.2. The normalized spacial score (nSPS) is 16.4. The highest BCUT2D eigenvalue weighted by molar-refractivity contribution is 7.86. The van der Waals surface area contributed by atoms with Gasteiger partial charge in [-0.25, -0.2) is 0 Å². The van der Waals surface area contributed by atoms with E-state index in [9.17, 15) is 0 Å². The molecule has 3 heterocycles. The van der Waals surface area contributed by atoms with Gasteiger partial charge in [0.15, 0.2) is 7.14 Å². The lowest BCUT2D eigenvalue weighted by atomic mass is 9.98. The third-order valence-corrected chi connectivity index (χ3v) is 11.3. The van der Waals surface area contributed by atoms with Crippen molar-refractivity contribution in [1.82, 2.24) is 0 Å². The first-order chi connectivity index (χ1) is 20.2. The maximum absolute atomic E-state index is 15.2. The molecule has 0 bridgehead atoms. The minimum absolute atomic E-state index is 0.577. The Bertz CT molecular complexity index is 2230. The molecule has 2 aliphatic heterocycles. The van der Waals surface area contributed by atoms with E-state index in [1.807, 2.05) is 78.9 Å². The fourth-order valence-electron chi connectivity index (χ4n) is 6.27. The summed E-state index contributed by atoms with van der Waals surface area (Å²) in [5, 5.41) is 4.25. The van der Waals surface area contributed by atoms with E-state index in [-0.39, 0.29) is 0 Å². The van der Waals surface area contributed by atoms with E-state index in [1.54, 1.807) is 0 Å². The molecule has 1 atom stereocenters. The Balaban J connectivity index is 1.21. The minimum Gasteiger partial charge on any atom is -0.456 e. The molecule has 0 fully saturated rings. The molecule has 6 aromatic carbocycles. The summed E-state index contributed by atoms with van der Waals surface area (Å²) >= 11 is 0. The molecule has 0 radical (unpaired) electrons. The highest BCUT2D eigenvalue weighted by Crippen LogP contribution is 2.59. The van der Waals surface area contributed by atoms with E-state index in [0.717, 1.165) is 44.2 Å². The van der Waals surface area contributed by atoms with Crippen molar-refractivity contribution >= 4 is 45.0 Å². The van der Waals surface area contributed by atoms with Gasteiger partial charge in [-0.3, -0.25) is 0 Å². The quantitative estimate of drug-likeness (QED) is 0.203. The van der Waals surface area contributed by atoms with Crippen LogP contribution in [0.15, 0.2) is 132 Å². The molecule has 5 heteroatoms. The van der Waals surface area contributed by atoms with Crippen molar-refractivity contribution in [3.8, 4) is 45.3 Å². The van der Waals surface area contributed by atoms with Gasteiger partial charge < -0.3 is 18.5 Å². The van der Waals surface area contributed by atoms with Gasteiger partial charge in [0.2, 0.25) is 0 Å². The van der Waals surface area contributed by atoms with Crippen LogP contribution >= 0.6 is 7.14 Å². The van der Waals surface area contributed by atoms with Crippen molar-refractivity contribution < 1.29 is 18.5 Å². The minimum atomic E-state index is -3.22. The highest BCUT2D eigenvalue weighted by Gasteiger charge is 2.46. The number of fused-ring (bicyclic) bond motifs is 7. The fourth-order valence-corrected chi connectivity index (χ4v) is 9.35. The molecule has 1 unspecified atom stereocenters. The van der Waals surface area contributed by atoms with Gasteiger partial charge in [-0.1, -0.05) is 84.9 Å². The predicted octanol–water partition coefficient (Wildman–Crippen LogP) is 8.77. The van der Waals surface area contributed by atoms with E-state index in [4.69, 9.17) is 13.9 Å². The average Bonchev–Trinajstić information content (AvgIpc) is 3.41. The van der Waals surface area contributed by atoms with Crippen LogP contribution in [0.5, 0.6) is 23.0 Å². The summed E-state index contributed by atoms with van der Waals surface area (Å²) in [6.45, 7) is 0. The van der Waals surface area contributed by atoms with Gasteiger partial charge in [0.1, 0.15) is 39.5 Å². The summed E-state index contributed by atoms with van der Waals surface area (Å²) in [4.78, 5) is 0. The summed E-state index contributed by atoms with van der Waals surface area (Å²) in [5.41, 5.74) is 5.69. The molecule has 0 saturated carbocycles. The number of benzene rings is 6. The van der Waals surface area contributed by atoms with E-state index in [0.29, 0.717) is 38.9 Å². The molecule has 9 rings (SSSR count). The van der Waals surface area contributed by atoms with E-state index < -0.39 is 7.14 Å². The first-order valence-corrected chi connectivity index (χ1v) is 15.2. The van der Waals surface area contributed by atoms with Crippen LogP contribution in [-0.4, -0.2) is 0 Å². The molecule has 1 aromatic heterocycles. The first kappa shape index (κ1) is 22.7. The molecule has 0 spiro atoms. The van der Waals surface area contributed by atoms with Crippen LogP contribution in [0, 0.1) is 0 Å². The third kappa shape index (κ3) is 3.08. The second-order valence-corrected chi connectivity index (χ2v) is 13.0. The number of furan rings is 1. The number of rotatable bonds is 2. The molecule has 0 amide bonds. The van der Waals surface area contributed by atoms with Crippen LogP contribution < -0.4 is 25.4 Å². The smallest absolute Gasteiger partial charge is 0.185 e. The van der Waals surface area contributed by atoms with Crippen LogP contribution in [0.1, 0.15) is 0 Å². The number of para-hydroxylation sites is 4. The van der Waals surface area contributed by atoms with E-state index in [2.05, 4.69) is 48.5 Å². The Kier molecular flexibility index (Phi) is 4.57. The molecule has 2 aliphatic rings. The Morgan fingerprint density at radius 3 is 1.90 bits per heavy atom. The van der Waals surface area contributed by atoms with Crippen LogP contribution in [0.3, 0.4) is 0 Å². The molecule has 0 saturated heterocycles.